The van der Waals surface area contributed by atoms with E-state index in [2.05, 4.69) is 16.0 Å². The van der Waals surface area contributed by atoms with Gasteiger partial charge in [-0.25, -0.2) is 4.39 Å². The molecular formula is C30H40FN3O4. The lowest BCUT2D eigenvalue weighted by Gasteiger charge is -2.19. The molecule has 38 heavy (non-hydrogen) atoms. The molecule has 3 amide bonds. The number of rotatable bonds is 11. The second-order valence-electron chi connectivity index (χ2n) is 11.4. The van der Waals surface area contributed by atoms with Crippen LogP contribution in [0.4, 0.5) is 4.39 Å². The van der Waals surface area contributed by atoms with Crippen LogP contribution in [-0.4, -0.2) is 49.6 Å². The summed E-state index contributed by atoms with van der Waals surface area (Å²) in [5.41, 5.74) is 1.85. The summed E-state index contributed by atoms with van der Waals surface area (Å²) in [6.07, 6.45) is 2.55. The zero-order valence-electron chi connectivity index (χ0n) is 23.3. The van der Waals surface area contributed by atoms with Crippen molar-refractivity contribution in [1.29, 1.82) is 0 Å². The molecule has 0 spiro atoms. The van der Waals surface area contributed by atoms with Crippen LogP contribution in [-0.2, 0) is 4.74 Å². The Labute approximate surface area is 224 Å². The van der Waals surface area contributed by atoms with Gasteiger partial charge in [-0.05, 0) is 86.4 Å². The van der Waals surface area contributed by atoms with Crippen molar-refractivity contribution in [2.45, 2.75) is 73.0 Å². The number of carbonyl (C=O) groups excluding carboxylic acids is 3. The molecule has 0 saturated heterocycles. The Morgan fingerprint density at radius 3 is 2.32 bits per heavy atom. The predicted octanol–water partition coefficient (Wildman–Crippen LogP) is 5.01. The van der Waals surface area contributed by atoms with Crippen LogP contribution in [0.2, 0.25) is 0 Å². The van der Waals surface area contributed by atoms with Crippen molar-refractivity contribution in [1.82, 2.24) is 16.0 Å². The molecule has 0 aliphatic heterocycles. The second-order valence-corrected chi connectivity index (χ2v) is 11.4. The van der Waals surface area contributed by atoms with Gasteiger partial charge in [-0.15, -0.1) is 0 Å². The number of hydrogen-bond donors (Lipinski definition) is 3. The van der Waals surface area contributed by atoms with Gasteiger partial charge in [-0.1, -0.05) is 26.8 Å². The van der Waals surface area contributed by atoms with Crippen molar-refractivity contribution in [3.05, 3.63) is 58.4 Å². The highest BCUT2D eigenvalue weighted by molar-refractivity contribution is 6.05. The SMILES string of the molecule is Cc1c(F)cc(C(=O)NC2CC2)cc1-c1ccc(C(=O)NCC(C)(C)C)cc1C(=O)NCCCOC(C)C. The molecule has 3 N–H and O–H groups in total. The summed E-state index contributed by atoms with van der Waals surface area (Å²) < 4.78 is 20.5. The number of carbonyl (C=O) groups is 3. The fraction of sp³-hybridized carbons (Fsp3) is 0.500. The first-order valence-corrected chi connectivity index (χ1v) is 13.3. The molecule has 3 rings (SSSR count). The quantitative estimate of drug-likeness (QED) is 0.359. The highest BCUT2D eigenvalue weighted by atomic mass is 19.1. The zero-order valence-corrected chi connectivity index (χ0v) is 23.3. The molecule has 0 bridgehead atoms. The van der Waals surface area contributed by atoms with E-state index in [1.807, 2.05) is 34.6 Å². The van der Waals surface area contributed by atoms with Gasteiger partial charge in [0.05, 0.1) is 6.10 Å². The lowest BCUT2D eigenvalue weighted by Crippen LogP contribution is -2.32. The Morgan fingerprint density at radius 1 is 0.974 bits per heavy atom. The third-order valence-corrected chi connectivity index (χ3v) is 6.17. The van der Waals surface area contributed by atoms with Crippen molar-refractivity contribution in [2.24, 2.45) is 5.41 Å². The van der Waals surface area contributed by atoms with Crippen molar-refractivity contribution in [3.8, 4) is 11.1 Å². The zero-order chi connectivity index (χ0) is 28.0. The Balaban J connectivity index is 1.95. The van der Waals surface area contributed by atoms with Crippen LogP contribution in [0.15, 0.2) is 30.3 Å². The summed E-state index contributed by atoms with van der Waals surface area (Å²) in [6.45, 7) is 12.9. The number of benzene rings is 2. The Kier molecular flexibility index (Phi) is 9.66. The van der Waals surface area contributed by atoms with Crippen LogP contribution in [0.3, 0.4) is 0 Å². The van der Waals surface area contributed by atoms with Crippen molar-refractivity contribution >= 4 is 17.7 Å². The number of hydrogen-bond acceptors (Lipinski definition) is 4. The van der Waals surface area contributed by atoms with Gasteiger partial charge >= 0.3 is 0 Å². The van der Waals surface area contributed by atoms with Crippen LogP contribution in [0, 0.1) is 18.2 Å². The molecule has 1 saturated carbocycles. The van der Waals surface area contributed by atoms with Crippen LogP contribution < -0.4 is 16.0 Å². The lowest BCUT2D eigenvalue weighted by atomic mass is 9.91. The summed E-state index contributed by atoms with van der Waals surface area (Å²) in [7, 11) is 0. The Morgan fingerprint density at radius 2 is 1.68 bits per heavy atom. The molecule has 0 heterocycles. The summed E-state index contributed by atoms with van der Waals surface area (Å²) in [5.74, 6) is -1.57. The van der Waals surface area contributed by atoms with E-state index < -0.39 is 5.82 Å². The van der Waals surface area contributed by atoms with Gasteiger partial charge in [-0.3, -0.25) is 14.4 Å². The smallest absolute Gasteiger partial charge is 0.251 e. The maximum absolute atomic E-state index is 15.0. The molecule has 1 fully saturated rings. The Hall–Kier alpha value is -3.26. The minimum absolute atomic E-state index is 0.0999. The third kappa shape index (κ3) is 8.38. The molecule has 0 radical (unpaired) electrons. The highest BCUT2D eigenvalue weighted by Crippen LogP contribution is 2.31. The summed E-state index contributed by atoms with van der Waals surface area (Å²) in [6, 6.07) is 7.75. The maximum atomic E-state index is 15.0. The largest absolute Gasteiger partial charge is 0.379 e. The minimum Gasteiger partial charge on any atom is -0.379 e. The van der Waals surface area contributed by atoms with E-state index >= 15 is 0 Å². The highest BCUT2D eigenvalue weighted by Gasteiger charge is 2.25. The molecule has 1 aliphatic carbocycles. The van der Waals surface area contributed by atoms with Crippen LogP contribution in [0.1, 0.15) is 90.5 Å². The maximum Gasteiger partial charge on any atom is 0.251 e. The Bertz CT molecular complexity index is 1180. The number of ether oxygens (including phenoxy) is 1. The normalized spacial score (nSPS) is 13.4. The van der Waals surface area contributed by atoms with Gasteiger partial charge in [0.15, 0.2) is 0 Å². The van der Waals surface area contributed by atoms with E-state index in [4.69, 9.17) is 4.74 Å². The van der Waals surface area contributed by atoms with Gasteiger partial charge in [-0.2, -0.15) is 0 Å². The van der Waals surface area contributed by atoms with E-state index in [1.54, 1.807) is 25.1 Å². The van der Waals surface area contributed by atoms with Gasteiger partial charge < -0.3 is 20.7 Å². The van der Waals surface area contributed by atoms with Crippen molar-refractivity contribution in [3.63, 3.8) is 0 Å². The summed E-state index contributed by atoms with van der Waals surface area (Å²) in [5, 5.41) is 8.67. The minimum atomic E-state index is -0.535. The molecule has 7 nitrogen and oxygen atoms in total. The molecule has 0 atom stereocenters. The van der Waals surface area contributed by atoms with E-state index in [0.29, 0.717) is 48.4 Å². The molecule has 0 aromatic heterocycles. The van der Waals surface area contributed by atoms with E-state index in [0.717, 1.165) is 12.8 Å². The first-order valence-electron chi connectivity index (χ1n) is 13.3. The van der Waals surface area contributed by atoms with E-state index in [-0.39, 0.29) is 46.4 Å². The molecule has 2 aromatic carbocycles. The van der Waals surface area contributed by atoms with Crippen molar-refractivity contribution < 1.29 is 23.5 Å². The van der Waals surface area contributed by atoms with E-state index in [1.165, 1.54) is 12.1 Å². The molecule has 2 aromatic rings. The predicted molar refractivity (Wildman–Crippen MR) is 147 cm³/mol. The van der Waals surface area contributed by atoms with Crippen LogP contribution >= 0.6 is 0 Å². The van der Waals surface area contributed by atoms with Crippen LogP contribution in [0.25, 0.3) is 11.1 Å². The lowest BCUT2D eigenvalue weighted by molar-refractivity contribution is 0.0757. The first-order chi connectivity index (χ1) is 17.9. The summed E-state index contributed by atoms with van der Waals surface area (Å²) >= 11 is 0. The standard InChI is InChI=1S/C30H40FN3O4/c1-18(2)38-13-7-12-32-29(37)25-14-20(27(35)33-17-30(4,5)6)8-11-23(25)24-15-21(16-26(31)19(24)3)28(36)34-22-9-10-22/h8,11,14-16,18,22H,7,9-10,12-13,17H2,1-6H3,(H,32,37)(H,33,35)(H,34,36). The molecule has 0 unspecified atom stereocenters. The molecular weight excluding hydrogens is 485 g/mol. The first kappa shape index (κ1) is 29.3. The number of amides is 3. The third-order valence-electron chi connectivity index (χ3n) is 6.17. The van der Waals surface area contributed by atoms with E-state index in [9.17, 15) is 18.8 Å². The monoisotopic (exact) mass is 525 g/mol. The van der Waals surface area contributed by atoms with Gasteiger partial charge in [0.1, 0.15) is 5.82 Å². The topological polar surface area (TPSA) is 96.5 Å². The number of nitrogens with one attached hydrogen (secondary N) is 3. The average molecular weight is 526 g/mol. The van der Waals surface area contributed by atoms with Crippen LogP contribution in [0.5, 0.6) is 0 Å². The fourth-order valence-corrected chi connectivity index (χ4v) is 3.83. The molecule has 1 aliphatic rings. The average Bonchev–Trinajstić information content (AvgIpc) is 3.66. The molecule has 206 valence electrons. The fourth-order valence-electron chi connectivity index (χ4n) is 3.83. The van der Waals surface area contributed by atoms with Gasteiger partial charge in [0, 0.05) is 42.4 Å². The molecule has 8 heteroatoms. The van der Waals surface area contributed by atoms with Gasteiger partial charge in [0.2, 0.25) is 0 Å². The second kappa shape index (κ2) is 12.5. The number of halogens is 1. The van der Waals surface area contributed by atoms with Crippen molar-refractivity contribution in [2.75, 3.05) is 19.7 Å². The summed E-state index contributed by atoms with van der Waals surface area (Å²) in [4.78, 5) is 38.9. The van der Waals surface area contributed by atoms with Gasteiger partial charge in [0.25, 0.3) is 17.7 Å².